The van der Waals surface area contributed by atoms with Gasteiger partial charge in [-0.3, -0.25) is 0 Å². The van der Waals surface area contributed by atoms with E-state index in [0.29, 0.717) is 5.82 Å². The highest BCUT2D eigenvalue weighted by Crippen LogP contribution is 2.44. The van der Waals surface area contributed by atoms with Gasteiger partial charge in [0.05, 0.1) is 22.6 Å². The van der Waals surface area contributed by atoms with E-state index in [0.717, 1.165) is 44.9 Å². The predicted molar refractivity (Wildman–Crippen MR) is 215 cm³/mol. The summed E-state index contributed by atoms with van der Waals surface area (Å²) in [6.07, 6.45) is 0. The minimum Gasteiger partial charge on any atom is -0.246 e. The van der Waals surface area contributed by atoms with Crippen molar-refractivity contribution in [1.82, 2.24) is 15.0 Å². The van der Waals surface area contributed by atoms with Gasteiger partial charge in [0.15, 0.2) is 5.82 Å². The number of pyridine rings is 1. The van der Waals surface area contributed by atoms with E-state index in [1.165, 1.54) is 47.5 Å². The van der Waals surface area contributed by atoms with Crippen LogP contribution in [0, 0.1) is 0 Å². The molecule has 3 heterocycles. The van der Waals surface area contributed by atoms with Gasteiger partial charge >= 0.3 is 0 Å². The third-order valence-electron chi connectivity index (χ3n) is 9.70. The molecular weight excluding hydrogens is 639 g/mol. The Kier molecular flexibility index (Phi) is 7.00. The molecule has 4 heteroatoms. The third-order valence-corrected chi connectivity index (χ3v) is 10.9. The van der Waals surface area contributed by atoms with Crippen molar-refractivity contribution in [3.8, 4) is 56.3 Å². The lowest BCUT2D eigenvalue weighted by Gasteiger charge is -2.12. The average Bonchev–Trinajstić information content (AvgIpc) is 3.61. The van der Waals surface area contributed by atoms with Crippen molar-refractivity contribution in [3.63, 3.8) is 0 Å². The monoisotopic (exact) mass is 667 g/mol. The predicted octanol–water partition coefficient (Wildman–Crippen LogP) is 12.9. The van der Waals surface area contributed by atoms with Gasteiger partial charge < -0.3 is 0 Å². The molecule has 3 aromatic heterocycles. The maximum atomic E-state index is 5.44. The van der Waals surface area contributed by atoms with Crippen LogP contribution in [-0.2, 0) is 0 Å². The van der Waals surface area contributed by atoms with Gasteiger partial charge in [0.2, 0.25) is 0 Å². The molecule has 0 bridgehead atoms. The second kappa shape index (κ2) is 12.1. The molecule has 0 saturated carbocycles. The highest BCUT2D eigenvalue weighted by molar-refractivity contribution is 7.26. The Labute approximate surface area is 299 Å². The molecule has 0 spiro atoms. The SMILES string of the molecule is c1ccc(-c2ccc(-c3cc(-c4ccc(-c5nc6c7ccccc7ccc6c6sc7ccccc7c56)cc4)nc(-c4ccccc4)n3)cc2)cc1. The van der Waals surface area contributed by atoms with Gasteiger partial charge in [-0.05, 0) is 28.6 Å². The molecule has 0 amide bonds. The van der Waals surface area contributed by atoms with Crippen molar-refractivity contribution >= 4 is 53.2 Å². The van der Waals surface area contributed by atoms with Crippen LogP contribution in [0.4, 0.5) is 0 Å². The number of hydrogen-bond donors (Lipinski definition) is 0. The Balaban J connectivity index is 1.11. The van der Waals surface area contributed by atoms with E-state index in [9.17, 15) is 0 Å². The molecule has 3 nitrogen and oxygen atoms in total. The highest BCUT2D eigenvalue weighted by Gasteiger charge is 2.18. The van der Waals surface area contributed by atoms with E-state index in [-0.39, 0.29) is 0 Å². The molecule has 0 radical (unpaired) electrons. The standard InChI is InChI=1S/C47H29N3S/c1-3-11-30(12-4-1)31-19-21-33(22-20-31)40-29-41(49-47(48-40)36-14-5-2-6-15-36)34-23-25-35(26-24-34)44-43-38-17-9-10-18-42(38)51-46(43)39-28-27-32-13-7-8-16-37(32)45(39)50-44/h1-29H. The fraction of sp³-hybridized carbons (Fsp3) is 0. The minimum absolute atomic E-state index is 0.703. The van der Waals surface area contributed by atoms with Gasteiger partial charge in [0.1, 0.15) is 0 Å². The van der Waals surface area contributed by atoms with Crippen molar-refractivity contribution in [2.45, 2.75) is 0 Å². The lowest BCUT2D eigenvalue weighted by molar-refractivity contribution is 1.18. The number of nitrogens with zero attached hydrogens (tertiary/aromatic N) is 3. The van der Waals surface area contributed by atoms with Gasteiger partial charge in [0.25, 0.3) is 0 Å². The summed E-state index contributed by atoms with van der Waals surface area (Å²) in [4.78, 5) is 15.6. The van der Waals surface area contributed by atoms with E-state index < -0.39 is 0 Å². The minimum atomic E-state index is 0.703. The van der Waals surface area contributed by atoms with Crippen molar-refractivity contribution in [1.29, 1.82) is 0 Å². The van der Waals surface area contributed by atoms with Crippen LogP contribution in [-0.4, -0.2) is 15.0 Å². The molecular formula is C47H29N3S. The largest absolute Gasteiger partial charge is 0.246 e. The molecule has 10 aromatic rings. The zero-order chi connectivity index (χ0) is 33.7. The maximum Gasteiger partial charge on any atom is 0.160 e. The summed E-state index contributed by atoms with van der Waals surface area (Å²) in [5.41, 5.74) is 10.3. The van der Waals surface area contributed by atoms with Gasteiger partial charge in [0, 0.05) is 53.2 Å². The summed E-state index contributed by atoms with van der Waals surface area (Å²) < 4.78 is 2.55. The van der Waals surface area contributed by atoms with Gasteiger partial charge in [-0.25, -0.2) is 15.0 Å². The normalized spacial score (nSPS) is 11.5. The number of fused-ring (bicyclic) bond motifs is 7. The molecule has 0 aliphatic carbocycles. The Morgan fingerprint density at radius 1 is 0.373 bits per heavy atom. The topological polar surface area (TPSA) is 38.7 Å². The summed E-state index contributed by atoms with van der Waals surface area (Å²) in [6, 6.07) is 61.8. The summed E-state index contributed by atoms with van der Waals surface area (Å²) in [7, 11) is 0. The third kappa shape index (κ3) is 5.16. The van der Waals surface area contributed by atoms with Crippen molar-refractivity contribution in [2.24, 2.45) is 0 Å². The van der Waals surface area contributed by atoms with Crippen LogP contribution in [0.25, 0.3) is 98.1 Å². The summed E-state index contributed by atoms with van der Waals surface area (Å²) in [5.74, 6) is 0.703. The van der Waals surface area contributed by atoms with Crippen LogP contribution >= 0.6 is 11.3 Å². The Morgan fingerprint density at radius 3 is 1.63 bits per heavy atom. The van der Waals surface area contributed by atoms with Crippen molar-refractivity contribution < 1.29 is 0 Å². The quantitative estimate of drug-likeness (QED) is 0.171. The van der Waals surface area contributed by atoms with Crippen LogP contribution < -0.4 is 0 Å². The number of thiophene rings is 1. The first-order valence-corrected chi connectivity index (χ1v) is 17.9. The molecule has 7 aromatic carbocycles. The zero-order valence-electron chi connectivity index (χ0n) is 27.5. The number of benzene rings is 7. The van der Waals surface area contributed by atoms with Gasteiger partial charge in [-0.2, -0.15) is 0 Å². The van der Waals surface area contributed by atoms with Crippen molar-refractivity contribution in [3.05, 3.63) is 176 Å². The van der Waals surface area contributed by atoms with Crippen molar-refractivity contribution in [2.75, 3.05) is 0 Å². The lowest BCUT2D eigenvalue weighted by Crippen LogP contribution is -1.96. The van der Waals surface area contributed by atoms with Crippen LogP contribution in [0.1, 0.15) is 0 Å². The van der Waals surface area contributed by atoms with E-state index in [1.807, 2.05) is 35.6 Å². The van der Waals surface area contributed by atoms with E-state index in [1.54, 1.807) is 0 Å². The molecule has 0 saturated heterocycles. The second-order valence-corrected chi connectivity index (χ2v) is 13.8. The Bertz CT molecular complexity index is 2880. The maximum absolute atomic E-state index is 5.44. The molecule has 51 heavy (non-hydrogen) atoms. The molecule has 238 valence electrons. The molecule has 0 fully saturated rings. The smallest absolute Gasteiger partial charge is 0.160 e. The molecule has 0 aliphatic heterocycles. The molecule has 10 rings (SSSR count). The fourth-order valence-electron chi connectivity index (χ4n) is 7.13. The van der Waals surface area contributed by atoms with Crippen LogP contribution in [0.15, 0.2) is 176 Å². The second-order valence-electron chi connectivity index (χ2n) is 12.8. The first kappa shape index (κ1) is 29.4. The highest BCUT2D eigenvalue weighted by atomic mass is 32.1. The van der Waals surface area contributed by atoms with Crippen LogP contribution in [0.3, 0.4) is 0 Å². The Morgan fingerprint density at radius 2 is 0.922 bits per heavy atom. The first-order chi connectivity index (χ1) is 25.3. The van der Waals surface area contributed by atoms with Crippen LogP contribution in [0.2, 0.25) is 0 Å². The number of aromatic nitrogens is 3. The van der Waals surface area contributed by atoms with Gasteiger partial charge in [-0.15, -0.1) is 11.3 Å². The summed E-state index contributed by atoms with van der Waals surface area (Å²) in [5, 5.41) is 6.02. The molecule has 0 aliphatic rings. The zero-order valence-corrected chi connectivity index (χ0v) is 28.3. The average molecular weight is 668 g/mol. The lowest BCUT2D eigenvalue weighted by atomic mass is 9.98. The Hall–Kier alpha value is -6.49. The number of rotatable bonds is 5. The van der Waals surface area contributed by atoms with Crippen LogP contribution in [0.5, 0.6) is 0 Å². The van der Waals surface area contributed by atoms with E-state index >= 15 is 0 Å². The summed E-state index contributed by atoms with van der Waals surface area (Å²) >= 11 is 1.85. The van der Waals surface area contributed by atoms with E-state index in [2.05, 4.69) is 152 Å². The summed E-state index contributed by atoms with van der Waals surface area (Å²) in [6.45, 7) is 0. The molecule has 0 N–H and O–H groups in total. The molecule has 0 unspecified atom stereocenters. The molecule has 0 atom stereocenters. The van der Waals surface area contributed by atoms with Gasteiger partial charge in [-0.1, -0.05) is 164 Å². The fourth-order valence-corrected chi connectivity index (χ4v) is 8.36. The number of hydrogen-bond acceptors (Lipinski definition) is 4. The first-order valence-electron chi connectivity index (χ1n) is 17.1. The van der Waals surface area contributed by atoms with E-state index in [4.69, 9.17) is 15.0 Å².